The van der Waals surface area contributed by atoms with Gasteiger partial charge in [-0.25, -0.2) is 4.98 Å². The van der Waals surface area contributed by atoms with Gasteiger partial charge in [-0.05, 0) is 35.6 Å². The first-order chi connectivity index (χ1) is 25.0. The molecule has 0 spiro atoms. The van der Waals surface area contributed by atoms with Gasteiger partial charge in [0.15, 0.2) is 0 Å². The predicted octanol–water partition coefficient (Wildman–Crippen LogP) is 7.77. The topological polar surface area (TPSA) is 126 Å². The Labute approximate surface area is 312 Å². The first kappa shape index (κ1) is 35.3. The summed E-state index contributed by atoms with van der Waals surface area (Å²) >= 11 is 0. The molecule has 9 rings (SSSR count). The van der Waals surface area contributed by atoms with E-state index in [-0.39, 0.29) is 25.9 Å². The van der Waals surface area contributed by atoms with Gasteiger partial charge in [0.25, 0.3) is 0 Å². The van der Waals surface area contributed by atoms with Crippen LogP contribution in [-0.2, 0) is 20.1 Å². The summed E-state index contributed by atoms with van der Waals surface area (Å²) in [6.45, 7) is 3.28. The van der Waals surface area contributed by atoms with Crippen molar-refractivity contribution < 1.29 is 34.7 Å². The average Bonchev–Trinajstić information content (AvgIpc) is 3.83. The van der Waals surface area contributed by atoms with Crippen LogP contribution in [0.4, 0.5) is 0 Å². The molecule has 12 heteroatoms. The number of aromatic nitrogens is 8. The van der Waals surface area contributed by atoms with Crippen molar-refractivity contribution in [2.45, 2.75) is 0 Å². The van der Waals surface area contributed by atoms with Crippen LogP contribution in [0.25, 0.3) is 60.7 Å². The van der Waals surface area contributed by atoms with Gasteiger partial charge in [-0.2, -0.15) is 42.1 Å². The van der Waals surface area contributed by atoms with E-state index in [1.54, 1.807) is 23.8 Å². The Kier molecular flexibility index (Phi) is 10.9. The predicted molar refractivity (Wildman–Crippen MR) is 197 cm³/mol. The maximum atomic E-state index is 8.73. The first-order valence-corrected chi connectivity index (χ1v) is 15.8. The molecule has 3 aromatic heterocycles. The van der Waals surface area contributed by atoms with Gasteiger partial charge in [-0.3, -0.25) is 4.98 Å². The van der Waals surface area contributed by atoms with Crippen molar-refractivity contribution in [3.8, 4) is 22.9 Å². The molecule has 0 saturated carbocycles. The molecule has 0 aliphatic rings. The maximum absolute atomic E-state index is 8.73. The minimum absolute atomic E-state index is 0. The minimum atomic E-state index is -0.0527. The van der Waals surface area contributed by atoms with E-state index >= 15 is 0 Å². The van der Waals surface area contributed by atoms with E-state index in [1.165, 1.54) is 18.6 Å². The van der Waals surface area contributed by atoms with Crippen LogP contribution in [0.5, 0.6) is 11.5 Å². The molecule has 1 radical (unpaired) electrons. The summed E-state index contributed by atoms with van der Waals surface area (Å²) in [4.78, 5) is 10.8. The Morgan fingerprint density at radius 2 is 0.981 bits per heavy atom. The fraction of sp³-hybridized carbons (Fsp3) is 0.0500. The number of aliphatic hydroxyl groups is 1. The normalized spacial score (nSPS) is 10.5. The van der Waals surface area contributed by atoms with E-state index in [0.717, 1.165) is 66.5 Å². The SMILES string of the molecule is C=C(O)c1cnccn1.COc1c[c-]c(-n2nc3ccccc3n2)c2ccccc12.COc1c[c-]c(-n2nc3ccccc3n2)c2ccccc12.[Ir]. The van der Waals surface area contributed by atoms with Crippen molar-refractivity contribution in [1.29, 1.82) is 0 Å². The summed E-state index contributed by atoms with van der Waals surface area (Å²) in [5.41, 5.74) is 5.52. The summed E-state index contributed by atoms with van der Waals surface area (Å²) in [5.74, 6) is 1.54. The minimum Gasteiger partial charge on any atom is -0.554 e. The average molecular weight is 863 g/mol. The van der Waals surface area contributed by atoms with Crippen molar-refractivity contribution in [2.24, 2.45) is 0 Å². The number of fused-ring (bicyclic) bond motifs is 4. The molecule has 11 nitrogen and oxygen atoms in total. The zero-order chi connectivity index (χ0) is 35.2. The number of aliphatic hydroxyl groups excluding tert-OH is 1. The summed E-state index contributed by atoms with van der Waals surface area (Å²) in [6, 6.07) is 41.8. The van der Waals surface area contributed by atoms with Gasteiger partial charge < -0.3 is 14.6 Å². The largest absolute Gasteiger partial charge is 0.554 e. The van der Waals surface area contributed by atoms with Crippen molar-refractivity contribution in [1.82, 2.24) is 40.0 Å². The van der Waals surface area contributed by atoms with Crippen molar-refractivity contribution >= 4 is 49.4 Å². The Hall–Kier alpha value is -6.49. The van der Waals surface area contributed by atoms with Gasteiger partial charge in [0, 0.05) is 44.0 Å². The van der Waals surface area contributed by atoms with Gasteiger partial charge in [0.1, 0.15) is 33.5 Å². The van der Waals surface area contributed by atoms with E-state index in [2.05, 4.69) is 49.1 Å². The van der Waals surface area contributed by atoms with Crippen LogP contribution in [0, 0.1) is 12.1 Å². The second-order valence-electron chi connectivity index (χ2n) is 11.0. The number of ether oxygens (including phenoxy) is 2. The molecule has 3 heterocycles. The Morgan fingerprint density at radius 1 is 0.596 bits per heavy atom. The van der Waals surface area contributed by atoms with E-state index in [9.17, 15) is 0 Å². The fourth-order valence-electron chi connectivity index (χ4n) is 5.42. The number of methoxy groups -OCH3 is 2. The second-order valence-corrected chi connectivity index (χ2v) is 11.0. The zero-order valence-electron chi connectivity index (χ0n) is 28.0. The standard InChI is InChI=1S/2C17H12N3O.C6H6N2O.Ir/c2*1-21-17-11-10-16(12-6-2-3-7-13(12)17)20-18-14-8-4-5-9-15(14)19-20;1-5(9)6-4-7-2-3-8-6;/h2*2-9,11H,1H3;2-4,9H,1H2;/q2*-1;;. The van der Waals surface area contributed by atoms with Gasteiger partial charge in [-0.1, -0.05) is 88.8 Å². The third-order valence-electron chi connectivity index (χ3n) is 7.85. The van der Waals surface area contributed by atoms with Gasteiger partial charge >= 0.3 is 0 Å². The van der Waals surface area contributed by atoms with Crippen LogP contribution in [0.15, 0.2) is 134 Å². The summed E-state index contributed by atoms with van der Waals surface area (Å²) in [6.07, 6.45) is 4.48. The van der Waals surface area contributed by atoms with E-state index < -0.39 is 0 Å². The summed E-state index contributed by atoms with van der Waals surface area (Å²) in [7, 11) is 3.32. The fourth-order valence-corrected chi connectivity index (χ4v) is 5.42. The van der Waals surface area contributed by atoms with Crippen LogP contribution in [-0.4, -0.2) is 59.3 Å². The number of nitrogens with zero attached hydrogens (tertiary/aromatic N) is 8. The van der Waals surface area contributed by atoms with Crippen LogP contribution in [0.1, 0.15) is 5.69 Å². The molecular formula is C40H30IrN8O3-2. The molecule has 0 bridgehead atoms. The Balaban J connectivity index is 0.000000143. The molecule has 0 aliphatic carbocycles. The zero-order valence-corrected chi connectivity index (χ0v) is 30.4. The molecule has 0 atom stereocenters. The summed E-state index contributed by atoms with van der Waals surface area (Å²) in [5, 5.41) is 30.9. The molecular weight excluding hydrogens is 833 g/mol. The third kappa shape index (κ3) is 7.34. The number of hydrogen-bond acceptors (Lipinski definition) is 9. The second kappa shape index (κ2) is 16.0. The smallest absolute Gasteiger partial charge is 0.135 e. The molecule has 6 aromatic carbocycles. The molecule has 9 aromatic rings. The number of rotatable bonds is 5. The molecule has 0 saturated heterocycles. The van der Waals surface area contributed by atoms with E-state index in [1.807, 2.05) is 109 Å². The molecule has 0 unspecified atom stereocenters. The Morgan fingerprint density at radius 3 is 1.31 bits per heavy atom. The van der Waals surface area contributed by atoms with Crippen molar-refractivity contribution in [3.05, 3.63) is 152 Å². The first-order valence-electron chi connectivity index (χ1n) is 15.8. The maximum Gasteiger partial charge on any atom is 0.135 e. The molecule has 0 fully saturated rings. The third-order valence-corrected chi connectivity index (χ3v) is 7.85. The number of hydrogen-bond donors (Lipinski definition) is 1. The quantitative estimate of drug-likeness (QED) is 0.137. The van der Waals surface area contributed by atoms with Crippen molar-refractivity contribution in [3.63, 3.8) is 0 Å². The molecule has 52 heavy (non-hydrogen) atoms. The summed E-state index contributed by atoms with van der Waals surface area (Å²) < 4.78 is 10.8. The van der Waals surface area contributed by atoms with Gasteiger partial charge in [0.2, 0.25) is 0 Å². The van der Waals surface area contributed by atoms with Crippen LogP contribution in [0.2, 0.25) is 0 Å². The van der Waals surface area contributed by atoms with E-state index in [4.69, 9.17) is 14.6 Å². The van der Waals surface area contributed by atoms with E-state index in [0.29, 0.717) is 5.69 Å². The molecule has 0 aliphatic heterocycles. The van der Waals surface area contributed by atoms with Crippen molar-refractivity contribution in [2.75, 3.05) is 14.2 Å². The van der Waals surface area contributed by atoms with Crippen LogP contribution < -0.4 is 9.47 Å². The Bertz CT molecular complexity index is 2400. The van der Waals surface area contributed by atoms with Crippen LogP contribution in [0.3, 0.4) is 0 Å². The molecule has 259 valence electrons. The molecule has 1 N–H and O–H groups in total. The van der Waals surface area contributed by atoms with Gasteiger partial charge in [-0.15, -0.1) is 24.3 Å². The number of benzene rings is 6. The monoisotopic (exact) mass is 863 g/mol. The molecule has 0 amide bonds. The van der Waals surface area contributed by atoms with Crippen LogP contribution >= 0.6 is 0 Å². The van der Waals surface area contributed by atoms with Gasteiger partial charge in [0.05, 0.1) is 20.4 Å².